The van der Waals surface area contributed by atoms with Gasteiger partial charge in [0, 0.05) is 13.2 Å². The Balaban J connectivity index is 2.29. The zero-order valence-electron chi connectivity index (χ0n) is 14.4. The van der Waals surface area contributed by atoms with Crippen molar-refractivity contribution < 1.29 is 23.9 Å². The van der Waals surface area contributed by atoms with Crippen molar-refractivity contribution in [3.8, 4) is 0 Å². The number of esters is 1. The van der Waals surface area contributed by atoms with Crippen LogP contribution in [0.2, 0.25) is 0 Å². The van der Waals surface area contributed by atoms with Gasteiger partial charge in [-0.15, -0.1) is 0 Å². The van der Waals surface area contributed by atoms with Crippen LogP contribution in [0.4, 0.5) is 0 Å². The number of rotatable bonds is 4. The standard InChI is InChI=1S/C15H23BN2O5/c1-14(2)15(3,4)23-16(22-14)10(9-19)7-11-8-18(5)12(17-11)13(20)21-6/h7-8,19H,9H2,1-6H3. The molecule has 0 saturated carbocycles. The minimum atomic E-state index is -0.659. The maximum atomic E-state index is 11.6. The predicted octanol–water partition coefficient (Wildman–Crippen LogP) is 1.21. The Morgan fingerprint density at radius 2 is 1.96 bits per heavy atom. The summed E-state index contributed by atoms with van der Waals surface area (Å²) < 4.78 is 18.1. The molecular weight excluding hydrogens is 299 g/mol. The third-order valence-electron chi connectivity index (χ3n) is 4.33. The molecule has 0 unspecified atom stereocenters. The van der Waals surface area contributed by atoms with Gasteiger partial charge < -0.3 is 23.7 Å². The molecule has 1 fully saturated rings. The first kappa shape index (κ1) is 17.7. The first-order valence-electron chi connectivity index (χ1n) is 7.40. The fourth-order valence-electron chi connectivity index (χ4n) is 2.21. The van der Waals surface area contributed by atoms with E-state index < -0.39 is 24.3 Å². The van der Waals surface area contributed by atoms with Crippen LogP contribution in [-0.4, -0.2) is 52.7 Å². The highest BCUT2D eigenvalue weighted by Gasteiger charge is 2.52. The van der Waals surface area contributed by atoms with E-state index in [1.807, 2.05) is 27.7 Å². The maximum Gasteiger partial charge on any atom is 0.492 e. The fraction of sp³-hybridized carbons (Fsp3) is 0.600. The van der Waals surface area contributed by atoms with Gasteiger partial charge in [0.05, 0.1) is 30.6 Å². The van der Waals surface area contributed by atoms with Crippen LogP contribution in [0.15, 0.2) is 11.7 Å². The number of nitrogens with zero attached hydrogens (tertiary/aromatic N) is 2. The molecule has 0 spiro atoms. The summed E-state index contributed by atoms with van der Waals surface area (Å²) >= 11 is 0. The number of imidazole rings is 1. The lowest BCUT2D eigenvalue weighted by Crippen LogP contribution is -2.41. The van der Waals surface area contributed by atoms with Gasteiger partial charge in [-0.25, -0.2) is 9.78 Å². The second kappa shape index (κ2) is 6.11. The molecule has 1 aromatic rings. The Labute approximate surface area is 136 Å². The van der Waals surface area contributed by atoms with E-state index in [9.17, 15) is 9.90 Å². The molecule has 23 heavy (non-hydrogen) atoms. The van der Waals surface area contributed by atoms with Crippen molar-refractivity contribution in [1.29, 1.82) is 0 Å². The average Bonchev–Trinajstić information content (AvgIpc) is 2.92. The highest BCUT2D eigenvalue weighted by molar-refractivity contribution is 6.55. The van der Waals surface area contributed by atoms with E-state index in [2.05, 4.69) is 9.72 Å². The number of aliphatic hydroxyl groups is 1. The Morgan fingerprint density at radius 3 is 2.43 bits per heavy atom. The van der Waals surface area contributed by atoms with E-state index in [0.29, 0.717) is 11.2 Å². The summed E-state index contributed by atoms with van der Waals surface area (Å²) in [5, 5.41) is 9.67. The normalized spacial score (nSPS) is 20.0. The first-order valence-corrected chi connectivity index (χ1v) is 7.40. The number of methoxy groups -OCH3 is 1. The van der Waals surface area contributed by atoms with Gasteiger partial charge in [-0.1, -0.05) is 0 Å². The number of aliphatic hydroxyl groups excluding tert-OH is 1. The number of hydrogen-bond acceptors (Lipinski definition) is 6. The predicted molar refractivity (Wildman–Crippen MR) is 85.7 cm³/mol. The average molecular weight is 322 g/mol. The lowest BCUT2D eigenvalue weighted by atomic mass is 9.78. The molecule has 7 nitrogen and oxygen atoms in total. The number of ether oxygens (including phenoxy) is 1. The Kier molecular flexibility index (Phi) is 4.70. The molecule has 0 aliphatic carbocycles. The van der Waals surface area contributed by atoms with Crippen LogP contribution in [0.1, 0.15) is 44.0 Å². The minimum Gasteiger partial charge on any atom is -0.463 e. The summed E-state index contributed by atoms with van der Waals surface area (Å²) in [5.74, 6) is -0.335. The Morgan fingerprint density at radius 1 is 1.39 bits per heavy atom. The van der Waals surface area contributed by atoms with Crippen molar-refractivity contribution in [3.63, 3.8) is 0 Å². The summed E-state index contributed by atoms with van der Waals surface area (Å²) in [6.07, 6.45) is 3.34. The number of aromatic nitrogens is 2. The SMILES string of the molecule is COC(=O)c1nc(C=C(CO)B2OC(C)(C)C(C)(C)O2)cn1C. The van der Waals surface area contributed by atoms with Crippen LogP contribution in [0.25, 0.3) is 6.08 Å². The van der Waals surface area contributed by atoms with Crippen LogP contribution < -0.4 is 0 Å². The van der Waals surface area contributed by atoms with Gasteiger partial charge in [-0.05, 0) is 39.2 Å². The quantitative estimate of drug-likeness (QED) is 0.663. The number of carbonyl (C=O) groups excluding carboxylic acids is 1. The van der Waals surface area contributed by atoms with Crippen molar-refractivity contribution >= 4 is 19.2 Å². The van der Waals surface area contributed by atoms with Crippen LogP contribution in [-0.2, 0) is 21.1 Å². The molecule has 1 saturated heterocycles. The molecule has 1 aromatic heterocycles. The molecule has 0 bridgehead atoms. The van der Waals surface area contributed by atoms with Gasteiger partial charge >= 0.3 is 13.1 Å². The van der Waals surface area contributed by atoms with Crippen LogP contribution in [0, 0.1) is 0 Å². The summed E-state index contributed by atoms with van der Waals surface area (Å²) in [4.78, 5) is 15.8. The zero-order chi connectivity index (χ0) is 17.4. The highest BCUT2D eigenvalue weighted by Crippen LogP contribution is 2.38. The molecule has 1 aliphatic rings. The van der Waals surface area contributed by atoms with Crippen molar-refractivity contribution in [2.45, 2.75) is 38.9 Å². The number of carbonyl (C=O) groups is 1. The van der Waals surface area contributed by atoms with Gasteiger partial charge in [0.1, 0.15) is 0 Å². The Bertz CT molecular complexity index is 620. The van der Waals surface area contributed by atoms with E-state index in [-0.39, 0.29) is 12.4 Å². The van der Waals surface area contributed by atoms with E-state index in [1.165, 1.54) is 7.11 Å². The van der Waals surface area contributed by atoms with E-state index in [4.69, 9.17) is 9.31 Å². The lowest BCUT2D eigenvalue weighted by molar-refractivity contribution is 0.00578. The molecular formula is C15H23BN2O5. The Hall–Kier alpha value is -1.64. The second-order valence-electron chi connectivity index (χ2n) is 6.56. The molecule has 8 heteroatoms. The van der Waals surface area contributed by atoms with Gasteiger partial charge in [-0.3, -0.25) is 0 Å². The topological polar surface area (TPSA) is 82.8 Å². The smallest absolute Gasteiger partial charge is 0.463 e. The van der Waals surface area contributed by atoms with Crippen molar-refractivity contribution in [2.24, 2.45) is 7.05 Å². The fourth-order valence-corrected chi connectivity index (χ4v) is 2.21. The monoisotopic (exact) mass is 322 g/mol. The van der Waals surface area contributed by atoms with Gasteiger partial charge in [0.2, 0.25) is 5.82 Å². The summed E-state index contributed by atoms with van der Waals surface area (Å²) in [5.41, 5.74) is 0.0744. The molecule has 2 heterocycles. The molecule has 0 atom stereocenters. The van der Waals surface area contributed by atoms with Crippen LogP contribution in [0.5, 0.6) is 0 Å². The first-order chi connectivity index (χ1) is 10.6. The summed E-state index contributed by atoms with van der Waals surface area (Å²) in [6, 6.07) is 0. The molecule has 0 amide bonds. The zero-order valence-corrected chi connectivity index (χ0v) is 14.4. The van der Waals surface area contributed by atoms with Crippen LogP contribution >= 0.6 is 0 Å². The van der Waals surface area contributed by atoms with Crippen molar-refractivity contribution in [1.82, 2.24) is 9.55 Å². The number of aryl methyl sites for hydroxylation is 1. The van der Waals surface area contributed by atoms with Gasteiger partial charge in [-0.2, -0.15) is 0 Å². The maximum absolute atomic E-state index is 11.6. The molecule has 0 radical (unpaired) electrons. The van der Waals surface area contributed by atoms with Gasteiger partial charge in [0.15, 0.2) is 0 Å². The minimum absolute atomic E-state index is 0.185. The molecule has 0 aromatic carbocycles. The summed E-state index contributed by atoms with van der Waals surface area (Å²) in [6.45, 7) is 7.54. The molecule has 1 N–H and O–H groups in total. The van der Waals surface area contributed by atoms with Crippen molar-refractivity contribution in [3.05, 3.63) is 23.2 Å². The molecule has 126 valence electrons. The molecule has 1 aliphatic heterocycles. The summed E-state index contributed by atoms with van der Waals surface area (Å²) in [7, 11) is 2.34. The van der Waals surface area contributed by atoms with Crippen molar-refractivity contribution in [2.75, 3.05) is 13.7 Å². The van der Waals surface area contributed by atoms with E-state index >= 15 is 0 Å². The second-order valence-corrected chi connectivity index (χ2v) is 6.56. The van der Waals surface area contributed by atoms with Gasteiger partial charge in [0.25, 0.3) is 0 Å². The van der Waals surface area contributed by atoms with Crippen LogP contribution in [0.3, 0.4) is 0 Å². The third-order valence-corrected chi connectivity index (χ3v) is 4.33. The third kappa shape index (κ3) is 3.34. The van der Waals surface area contributed by atoms with E-state index in [1.54, 1.807) is 23.9 Å². The number of hydrogen-bond donors (Lipinski definition) is 1. The van der Waals surface area contributed by atoms with E-state index in [0.717, 1.165) is 0 Å². The largest absolute Gasteiger partial charge is 0.492 e. The highest BCUT2D eigenvalue weighted by atomic mass is 16.7. The molecule has 2 rings (SSSR count). The lowest BCUT2D eigenvalue weighted by Gasteiger charge is -2.32.